The first kappa shape index (κ1) is 15.6. The number of nitro groups is 1. The van der Waals surface area contributed by atoms with Gasteiger partial charge in [-0.2, -0.15) is 0 Å². The first-order valence-corrected chi connectivity index (χ1v) is 7.18. The fourth-order valence-electron chi connectivity index (χ4n) is 1.79. The van der Waals surface area contributed by atoms with E-state index in [1.807, 2.05) is 12.1 Å². The van der Waals surface area contributed by atoms with Gasteiger partial charge in [0.25, 0.3) is 5.69 Å². The molecule has 0 bridgehead atoms. The highest BCUT2D eigenvalue weighted by Crippen LogP contribution is 2.30. The van der Waals surface area contributed by atoms with Crippen LogP contribution in [0.3, 0.4) is 0 Å². The second-order valence-corrected chi connectivity index (χ2v) is 5.50. The number of nitrogens with one attached hydrogen (secondary N) is 1. The van der Waals surface area contributed by atoms with Crippen LogP contribution in [0.2, 0.25) is 5.02 Å². The molecule has 0 aromatic heterocycles. The van der Waals surface area contributed by atoms with Crippen molar-refractivity contribution in [2.45, 2.75) is 6.54 Å². The number of nitrogens with zero attached hydrogens (tertiary/aromatic N) is 1. The predicted octanol–water partition coefficient (Wildman–Crippen LogP) is 4.63. The summed E-state index contributed by atoms with van der Waals surface area (Å²) in [4.78, 5) is 10.6. The highest BCUT2D eigenvalue weighted by atomic mass is 79.9. The molecular formula is C14H12BrClN2O3. The zero-order chi connectivity index (χ0) is 15.4. The number of benzene rings is 2. The first-order valence-electron chi connectivity index (χ1n) is 6.01. The lowest BCUT2D eigenvalue weighted by molar-refractivity contribution is -0.384. The third-order valence-corrected chi connectivity index (χ3v) is 4.10. The van der Waals surface area contributed by atoms with E-state index in [0.29, 0.717) is 23.0 Å². The monoisotopic (exact) mass is 370 g/mol. The molecule has 1 N–H and O–H groups in total. The molecule has 0 spiro atoms. The lowest BCUT2D eigenvalue weighted by Gasteiger charge is -2.09. The van der Waals surface area contributed by atoms with Crippen molar-refractivity contribution in [2.75, 3.05) is 12.4 Å². The Morgan fingerprint density at radius 2 is 2.10 bits per heavy atom. The van der Waals surface area contributed by atoms with Crippen LogP contribution in [-0.4, -0.2) is 12.0 Å². The summed E-state index contributed by atoms with van der Waals surface area (Å²) >= 11 is 9.33. The van der Waals surface area contributed by atoms with Crippen molar-refractivity contribution >= 4 is 38.9 Å². The molecule has 21 heavy (non-hydrogen) atoms. The lowest BCUT2D eigenvalue weighted by Crippen LogP contribution is -2.03. The van der Waals surface area contributed by atoms with Crippen LogP contribution in [0.1, 0.15) is 5.56 Å². The minimum absolute atomic E-state index is 0.0300. The van der Waals surface area contributed by atoms with Crippen LogP contribution in [0.25, 0.3) is 0 Å². The second-order valence-electron chi connectivity index (χ2n) is 4.24. The number of ether oxygens (including phenoxy) is 1. The van der Waals surface area contributed by atoms with E-state index < -0.39 is 4.92 Å². The average Bonchev–Trinajstić information content (AvgIpc) is 2.48. The standard InChI is InChI=1S/C14H12BrClN2O3/c1-21-10-3-5-13(14(7-10)18(19)20)17-8-9-2-4-11(15)12(16)6-9/h2-7,17H,8H2,1H3. The van der Waals surface area contributed by atoms with Crippen LogP contribution in [0, 0.1) is 10.1 Å². The molecule has 0 saturated carbocycles. The van der Waals surface area contributed by atoms with E-state index in [0.717, 1.165) is 10.0 Å². The summed E-state index contributed by atoms with van der Waals surface area (Å²) in [5.74, 6) is 0.443. The Hall–Kier alpha value is -1.79. The van der Waals surface area contributed by atoms with E-state index in [9.17, 15) is 10.1 Å². The maximum absolute atomic E-state index is 11.1. The topological polar surface area (TPSA) is 64.4 Å². The number of halogens is 2. The quantitative estimate of drug-likeness (QED) is 0.614. The molecule has 2 aromatic rings. The van der Waals surface area contributed by atoms with Crippen molar-refractivity contribution in [1.82, 2.24) is 0 Å². The summed E-state index contributed by atoms with van der Waals surface area (Å²) < 4.78 is 5.81. The predicted molar refractivity (Wildman–Crippen MR) is 86.1 cm³/mol. The number of hydrogen-bond acceptors (Lipinski definition) is 4. The first-order chi connectivity index (χ1) is 10.0. The fraction of sp³-hybridized carbons (Fsp3) is 0.143. The van der Waals surface area contributed by atoms with E-state index in [1.165, 1.54) is 13.2 Å². The van der Waals surface area contributed by atoms with Gasteiger partial charge in [0, 0.05) is 11.0 Å². The van der Waals surface area contributed by atoms with Crippen molar-refractivity contribution in [1.29, 1.82) is 0 Å². The largest absolute Gasteiger partial charge is 0.496 e. The van der Waals surface area contributed by atoms with Gasteiger partial charge in [-0.15, -0.1) is 0 Å². The zero-order valence-corrected chi connectivity index (χ0v) is 13.4. The Labute approximate surface area is 135 Å². The molecule has 110 valence electrons. The third kappa shape index (κ3) is 3.86. The van der Waals surface area contributed by atoms with E-state index in [1.54, 1.807) is 18.2 Å². The second kappa shape index (κ2) is 6.78. The molecule has 0 unspecified atom stereocenters. The lowest BCUT2D eigenvalue weighted by atomic mass is 10.2. The van der Waals surface area contributed by atoms with Crippen LogP contribution >= 0.6 is 27.5 Å². The molecular weight excluding hydrogens is 360 g/mol. The Kier molecular flexibility index (Phi) is 5.03. The Bertz CT molecular complexity index is 679. The van der Waals surface area contributed by atoms with Gasteiger partial charge in [0.2, 0.25) is 0 Å². The van der Waals surface area contributed by atoms with Crippen molar-refractivity contribution in [2.24, 2.45) is 0 Å². The minimum atomic E-state index is -0.445. The van der Waals surface area contributed by atoms with E-state index >= 15 is 0 Å². The number of rotatable bonds is 5. The maximum Gasteiger partial charge on any atom is 0.296 e. The number of nitro benzene ring substituents is 1. The highest BCUT2D eigenvalue weighted by molar-refractivity contribution is 9.10. The molecule has 2 rings (SSSR count). The molecule has 0 radical (unpaired) electrons. The van der Waals surface area contributed by atoms with Crippen molar-refractivity contribution in [3.63, 3.8) is 0 Å². The van der Waals surface area contributed by atoms with Gasteiger partial charge in [-0.1, -0.05) is 17.7 Å². The Morgan fingerprint density at radius 1 is 1.33 bits per heavy atom. The number of hydrogen-bond donors (Lipinski definition) is 1. The SMILES string of the molecule is COc1ccc(NCc2ccc(Br)c(Cl)c2)c([N+](=O)[O-])c1. The molecule has 0 amide bonds. The number of anilines is 1. The van der Waals surface area contributed by atoms with E-state index in [2.05, 4.69) is 21.2 Å². The van der Waals surface area contributed by atoms with Gasteiger partial charge >= 0.3 is 0 Å². The molecule has 7 heteroatoms. The summed E-state index contributed by atoms with van der Waals surface area (Å²) in [5, 5.41) is 14.7. The molecule has 0 aliphatic carbocycles. The molecule has 5 nitrogen and oxygen atoms in total. The van der Waals surface area contributed by atoms with Crippen molar-refractivity contribution in [3.05, 3.63) is 61.6 Å². The summed E-state index contributed by atoms with van der Waals surface area (Å²) in [5.41, 5.74) is 1.32. The normalized spacial score (nSPS) is 10.2. The molecule has 0 atom stereocenters. The smallest absolute Gasteiger partial charge is 0.296 e. The van der Waals surface area contributed by atoms with Crippen LogP contribution < -0.4 is 10.1 Å². The van der Waals surface area contributed by atoms with Gasteiger partial charge in [-0.25, -0.2) is 0 Å². The fourth-order valence-corrected chi connectivity index (χ4v) is 2.24. The Balaban J connectivity index is 2.19. The minimum Gasteiger partial charge on any atom is -0.496 e. The van der Waals surface area contributed by atoms with Gasteiger partial charge in [0.15, 0.2) is 0 Å². The van der Waals surface area contributed by atoms with Crippen molar-refractivity contribution < 1.29 is 9.66 Å². The maximum atomic E-state index is 11.1. The van der Waals surface area contributed by atoms with Gasteiger partial charge < -0.3 is 10.1 Å². The summed E-state index contributed by atoms with van der Waals surface area (Å²) in [7, 11) is 1.47. The third-order valence-electron chi connectivity index (χ3n) is 2.87. The zero-order valence-electron chi connectivity index (χ0n) is 11.1. The van der Waals surface area contributed by atoms with Crippen LogP contribution in [0.4, 0.5) is 11.4 Å². The van der Waals surface area contributed by atoms with E-state index in [-0.39, 0.29) is 5.69 Å². The van der Waals surface area contributed by atoms with Gasteiger partial charge in [-0.3, -0.25) is 10.1 Å². The average molecular weight is 372 g/mol. The van der Waals surface area contributed by atoms with Crippen LogP contribution in [0.5, 0.6) is 5.75 Å². The van der Waals surface area contributed by atoms with Crippen molar-refractivity contribution in [3.8, 4) is 5.75 Å². The molecule has 0 aliphatic heterocycles. The van der Waals surface area contributed by atoms with Crippen LogP contribution in [-0.2, 0) is 6.54 Å². The van der Waals surface area contributed by atoms with Gasteiger partial charge in [0.05, 0.1) is 23.1 Å². The van der Waals surface area contributed by atoms with Gasteiger partial charge in [0.1, 0.15) is 11.4 Å². The van der Waals surface area contributed by atoms with E-state index in [4.69, 9.17) is 16.3 Å². The Morgan fingerprint density at radius 3 is 2.71 bits per heavy atom. The molecule has 0 heterocycles. The van der Waals surface area contributed by atoms with Crippen LogP contribution in [0.15, 0.2) is 40.9 Å². The molecule has 0 fully saturated rings. The molecule has 2 aromatic carbocycles. The summed E-state index contributed by atoms with van der Waals surface area (Å²) in [6, 6.07) is 10.2. The molecule has 0 aliphatic rings. The highest BCUT2D eigenvalue weighted by Gasteiger charge is 2.14. The van der Waals surface area contributed by atoms with Gasteiger partial charge in [-0.05, 0) is 45.8 Å². The number of methoxy groups -OCH3 is 1. The molecule has 0 saturated heterocycles. The summed E-state index contributed by atoms with van der Waals surface area (Å²) in [6.45, 7) is 0.431. The summed E-state index contributed by atoms with van der Waals surface area (Å²) in [6.07, 6.45) is 0.